The molecule has 0 radical (unpaired) electrons. The fraction of sp³-hybridized carbons (Fsp3) is 0.538. The van der Waals surface area contributed by atoms with Crippen LogP contribution in [0.1, 0.15) is 38.3 Å². The van der Waals surface area contributed by atoms with E-state index in [1.54, 1.807) is 0 Å². The summed E-state index contributed by atoms with van der Waals surface area (Å²) in [7, 11) is 2.00. The first-order chi connectivity index (χ1) is 7.65. The number of hydrogen-bond donors (Lipinski definition) is 1. The standard InChI is InChI=1S/C13H19BrClN/c1-4-9(5-2)13(16-3)10-7-6-8-11(14)12(10)15/h6-9,13,16H,4-5H2,1-3H3. The van der Waals surface area contributed by atoms with Gasteiger partial charge in [0.25, 0.3) is 0 Å². The highest BCUT2D eigenvalue weighted by atomic mass is 79.9. The molecule has 0 heterocycles. The lowest BCUT2D eigenvalue weighted by Gasteiger charge is -2.26. The van der Waals surface area contributed by atoms with Crippen molar-refractivity contribution >= 4 is 27.5 Å². The van der Waals surface area contributed by atoms with E-state index < -0.39 is 0 Å². The van der Waals surface area contributed by atoms with Gasteiger partial charge in [-0.25, -0.2) is 0 Å². The molecule has 0 aliphatic carbocycles. The third-order valence-electron chi connectivity index (χ3n) is 3.15. The zero-order valence-electron chi connectivity index (χ0n) is 10.1. The highest BCUT2D eigenvalue weighted by Crippen LogP contribution is 2.35. The van der Waals surface area contributed by atoms with Gasteiger partial charge in [0.05, 0.1) is 5.02 Å². The highest BCUT2D eigenvalue weighted by Gasteiger charge is 2.21. The molecule has 1 nitrogen and oxygen atoms in total. The summed E-state index contributed by atoms with van der Waals surface area (Å²) in [6.45, 7) is 4.45. The summed E-state index contributed by atoms with van der Waals surface area (Å²) in [5.74, 6) is 0.622. The molecule has 3 heteroatoms. The predicted molar refractivity (Wildman–Crippen MR) is 75.0 cm³/mol. The maximum absolute atomic E-state index is 6.34. The van der Waals surface area contributed by atoms with Gasteiger partial charge in [0.15, 0.2) is 0 Å². The second kappa shape index (κ2) is 6.63. The van der Waals surface area contributed by atoms with E-state index >= 15 is 0 Å². The maximum Gasteiger partial charge on any atom is 0.0595 e. The summed E-state index contributed by atoms with van der Waals surface area (Å²) in [4.78, 5) is 0. The monoisotopic (exact) mass is 303 g/mol. The molecule has 0 spiro atoms. The van der Waals surface area contributed by atoms with E-state index in [-0.39, 0.29) is 0 Å². The fourth-order valence-electron chi connectivity index (χ4n) is 2.17. The lowest BCUT2D eigenvalue weighted by atomic mass is 9.89. The van der Waals surface area contributed by atoms with Gasteiger partial charge >= 0.3 is 0 Å². The second-order valence-corrected chi connectivity index (χ2v) is 5.22. The molecule has 0 aromatic heterocycles. The molecule has 90 valence electrons. The molecule has 1 aromatic carbocycles. The van der Waals surface area contributed by atoms with Crippen LogP contribution in [0.15, 0.2) is 22.7 Å². The van der Waals surface area contributed by atoms with E-state index in [4.69, 9.17) is 11.6 Å². The topological polar surface area (TPSA) is 12.0 Å². The van der Waals surface area contributed by atoms with E-state index in [1.807, 2.05) is 19.2 Å². The normalized spacial score (nSPS) is 13.1. The van der Waals surface area contributed by atoms with Crippen molar-refractivity contribution in [3.8, 4) is 0 Å². The summed E-state index contributed by atoms with van der Waals surface area (Å²) < 4.78 is 0.970. The Morgan fingerprint density at radius 2 is 1.94 bits per heavy atom. The number of hydrogen-bond acceptors (Lipinski definition) is 1. The third kappa shape index (κ3) is 2.99. The van der Waals surface area contributed by atoms with Gasteiger partial charge in [0.2, 0.25) is 0 Å². The fourth-order valence-corrected chi connectivity index (χ4v) is 2.79. The smallest absolute Gasteiger partial charge is 0.0595 e. The van der Waals surface area contributed by atoms with Crippen molar-refractivity contribution in [2.75, 3.05) is 7.05 Å². The molecule has 0 amide bonds. The van der Waals surface area contributed by atoms with Gasteiger partial charge in [0, 0.05) is 10.5 Å². The van der Waals surface area contributed by atoms with Gasteiger partial charge in [-0.15, -0.1) is 0 Å². The van der Waals surface area contributed by atoms with Crippen molar-refractivity contribution in [3.63, 3.8) is 0 Å². The van der Waals surface area contributed by atoms with E-state index in [1.165, 1.54) is 5.56 Å². The Balaban J connectivity index is 3.07. The lowest BCUT2D eigenvalue weighted by molar-refractivity contribution is 0.359. The van der Waals surface area contributed by atoms with E-state index in [0.717, 1.165) is 22.3 Å². The van der Waals surface area contributed by atoms with Gasteiger partial charge in [-0.3, -0.25) is 0 Å². The van der Waals surface area contributed by atoms with Gasteiger partial charge < -0.3 is 5.32 Å². The van der Waals surface area contributed by atoms with Crippen LogP contribution in [-0.4, -0.2) is 7.05 Å². The molecule has 1 rings (SSSR count). The summed E-state index contributed by atoms with van der Waals surface area (Å²) in [6, 6.07) is 6.45. The van der Waals surface area contributed by atoms with Crippen LogP contribution in [0.3, 0.4) is 0 Å². The molecular weight excluding hydrogens is 286 g/mol. The summed E-state index contributed by atoms with van der Waals surface area (Å²) in [5.41, 5.74) is 1.19. The first kappa shape index (κ1) is 14.0. The quantitative estimate of drug-likeness (QED) is 0.824. The molecular formula is C13H19BrClN. The van der Waals surface area contributed by atoms with Crippen molar-refractivity contribution in [1.29, 1.82) is 0 Å². The van der Waals surface area contributed by atoms with Gasteiger partial charge in [0.1, 0.15) is 0 Å². The van der Waals surface area contributed by atoms with Crippen molar-refractivity contribution in [1.82, 2.24) is 5.32 Å². The zero-order valence-corrected chi connectivity index (χ0v) is 12.4. The first-order valence-electron chi connectivity index (χ1n) is 5.76. The lowest BCUT2D eigenvalue weighted by Crippen LogP contribution is -2.24. The number of benzene rings is 1. The van der Waals surface area contributed by atoms with Crippen LogP contribution in [0.25, 0.3) is 0 Å². The average molecular weight is 305 g/mol. The first-order valence-corrected chi connectivity index (χ1v) is 6.93. The van der Waals surface area contributed by atoms with Crippen molar-refractivity contribution in [2.24, 2.45) is 5.92 Å². The Morgan fingerprint density at radius 3 is 2.44 bits per heavy atom. The van der Waals surface area contributed by atoms with Gasteiger partial charge in [-0.05, 0) is 40.5 Å². The number of halogens is 2. The number of rotatable bonds is 5. The van der Waals surface area contributed by atoms with Crippen LogP contribution in [0.5, 0.6) is 0 Å². The van der Waals surface area contributed by atoms with E-state index in [0.29, 0.717) is 12.0 Å². The molecule has 0 saturated heterocycles. The highest BCUT2D eigenvalue weighted by molar-refractivity contribution is 9.10. The minimum absolute atomic E-state index is 0.333. The largest absolute Gasteiger partial charge is 0.313 e. The molecule has 0 saturated carbocycles. The summed E-state index contributed by atoms with van der Waals surface area (Å²) >= 11 is 9.81. The van der Waals surface area contributed by atoms with E-state index in [9.17, 15) is 0 Å². The van der Waals surface area contributed by atoms with Crippen LogP contribution >= 0.6 is 27.5 Å². The van der Waals surface area contributed by atoms with Crippen molar-refractivity contribution < 1.29 is 0 Å². The van der Waals surface area contributed by atoms with E-state index in [2.05, 4.69) is 41.2 Å². The maximum atomic E-state index is 6.34. The Labute approximate surface area is 112 Å². The Morgan fingerprint density at radius 1 is 1.31 bits per heavy atom. The van der Waals surface area contributed by atoms with Crippen molar-refractivity contribution in [3.05, 3.63) is 33.3 Å². The SMILES string of the molecule is CCC(CC)C(NC)c1cccc(Br)c1Cl. The molecule has 0 fully saturated rings. The third-order valence-corrected chi connectivity index (χ3v) is 4.46. The Hall–Kier alpha value is -0.0500. The summed E-state index contributed by atoms with van der Waals surface area (Å²) in [6.07, 6.45) is 2.32. The zero-order chi connectivity index (χ0) is 12.1. The minimum Gasteiger partial charge on any atom is -0.313 e. The van der Waals surface area contributed by atoms with Gasteiger partial charge in [-0.1, -0.05) is 50.4 Å². The summed E-state index contributed by atoms with van der Waals surface area (Å²) in [5, 5.41) is 4.21. The number of nitrogens with one attached hydrogen (secondary N) is 1. The molecule has 1 atom stereocenters. The second-order valence-electron chi connectivity index (χ2n) is 3.99. The Bertz CT molecular complexity index is 337. The van der Waals surface area contributed by atoms with Crippen LogP contribution in [-0.2, 0) is 0 Å². The van der Waals surface area contributed by atoms with Crippen LogP contribution in [0, 0.1) is 5.92 Å². The van der Waals surface area contributed by atoms with Gasteiger partial charge in [-0.2, -0.15) is 0 Å². The molecule has 16 heavy (non-hydrogen) atoms. The molecule has 0 aliphatic rings. The molecule has 1 aromatic rings. The van der Waals surface area contributed by atoms with Crippen LogP contribution < -0.4 is 5.32 Å². The molecule has 1 N–H and O–H groups in total. The van der Waals surface area contributed by atoms with Crippen molar-refractivity contribution in [2.45, 2.75) is 32.7 Å². The predicted octanol–water partition coefficient (Wildman–Crippen LogP) is 4.80. The van der Waals surface area contributed by atoms with Crippen LogP contribution in [0.2, 0.25) is 5.02 Å². The average Bonchev–Trinajstić information content (AvgIpc) is 2.30. The Kier molecular flexibility index (Phi) is 5.81. The van der Waals surface area contributed by atoms with Crippen LogP contribution in [0.4, 0.5) is 0 Å². The minimum atomic E-state index is 0.333. The molecule has 0 bridgehead atoms. The molecule has 1 unspecified atom stereocenters. The molecule has 0 aliphatic heterocycles.